The molecule has 0 aliphatic carbocycles. The number of carboxylic acids is 1. The normalized spacial score (nSPS) is 11.0. The number of aromatic carboxylic acids is 1. The van der Waals surface area contributed by atoms with Crippen LogP contribution in [0.1, 0.15) is 28.0 Å². The summed E-state index contributed by atoms with van der Waals surface area (Å²) < 4.78 is 32.6. The summed E-state index contributed by atoms with van der Waals surface area (Å²) in [6.07, 6.45) is -2.69. The molecule has 1 heterocycles. The lowest BCUT2D eigenvalue weighted by Gasteiger charge is -2.15. The number of alkyl halides is 2. The van der Waals surface area contributed by atoms with Crippen molar-refractivity contribution < 1.29 is 23.4 Å². The second-order valence-electron chi connectivity index (χ2n) is 4.52. The maximum Gasteiger partial charge on any atom is 0.356 e. The molecule has 0 saturated carbocycles. The molecule has 0 aliphatic rings. The molecule has 1 aromatic carbocycles. The molecule has 0 atom stereocenters. The van der Waals surface area contributed by atoms with E-state index in [-0.39, 0.29) is 17.0 Å². The van der Waals surface area contributed by atoms with Gasteiger partial charge >= 0.3 is 5.97 Å². The second-order valence-corrected chi connectivity index (χ2v) is 4.52. The van der Waals surface area contributed by atoms with E-state index in [1.165, 1.54) is 23.9 Å². The smallest absolute Gasteiger partial charge is 0.356 e. The first kappa shape index (κ1) is 15.0. The van der Waals surface area contributed by atoms with Crippen molar-refractivity contribution in [3.8, 4) is 17.0 Å². The summed E-state index contributed by atoms with van der Waals surface area (Å²) in [7, 11) is 2.86. The van der Waals surface area contributed by atoms with Crippen LogP contribution in [0.15, 0.2) is 18.2 Å². The third kappa shape index (κ3) is 2.58. The molecule has 1 N–H and O–H groups in total. The average Bonchev–Trinajstić information content (AvgIpc) is 2.79. The van der Waals surface area contributed by atoms with Gasteiger partial charge in [-0.05, 0) is 24.6 Å². The highest BCUT2D eigenvalue weighted by Crippen LogP contribution is 2.40. The predicted octanol–water partition coefficient (Wildman–Crippen LogP) is 3.04. The van der Waals surface area contributed by atoms with E-state index in [2.05, 4.69) is 5.10 Å². The van der Waals surface area contributed by atoms with E-state index in [1.54, 1.807) is 20.0 Å². The Kier molecular flexibility index (Phi) is 3.93. The Hall–Kier alpha value is -2.44. The average molecular weight is 296 g/mol. The van der Waals surface area contributed by atoms with Gasteiger partial charge in [-0.25, -0.2) is 13.6 Å². The van der Waals surface area contributed by atoms with Crippen molar-refractivity contribution in [2.75, 3.05) is 7.11 Å². The zero-order chi connectivity index (χ0) is 15.7. The maximum absolute atomic E-state index is 13.1. The topological polar surface area (TPSA) is 64.3 Å². The Balaban J connectivity index is 2.73. The molecule has 0 saturated heterocycles. The molecule has 2 rings (SSSR count). The molecule has 112 valence electrons. The van der Waals surface area contributed by atoms with E-state index in [0.29, 0.717) is 16.8 Å². The number of halogens is 2. The molecule has 0 aliphatic heterocycles. The standard InChI is InChI=1S/C14H14F2N2O3/c1-7-4-5-8(13(15)16)12(21-3)11(7)10-6-9(14(19)20)17-18(10)2/h4-6,13H,1-3H3,(H,19,20). The minimum Gasteiger partial charge on any atom is -0.496 e. The van der Waals surface area contributed by atoms with Crippen LogP contribution < -0.4 is 4.74 Å². The predicted molar refractivity (Wildman–Crippen MR) is 71.8 cm³/mol. The van der Waals surface area contributed by atoms with Gasteiger partial charge in [-0.15, -0.1) is 0 Å². The molecule has 7 heteroatoms. The van der Waals surface area contributed by atoms with E-state index in [1.807, 2.05) is 0 Å². The molecular formula is C14H14F2N2O3. The van der Waals surface area contributed by atoms with Crippen LogP contribution in [0.25, 0.3) is 11.3 Å². The van der Waals surface area contributed by atoms with Gasteiger partial charge in [0.05, 0.1) is 18.4 Å². The Morgan fingerprint density at radius 2 is 2.10 bits per heavy atom. The van der Waals surface area contributed by atoms with E-state index in [9.17, 15) is 13.6 Å². The zero-order valence-corrected chi connectivity index (χ0v) is 11.7. The van der Waals surface area contributed by atoms with Gasteiger partial charge in [0.1, 0.15) is 5.75 Å². The monoisotopic (exact) mass is 296 g/mol. The van der Waals surface area contributed by atoms with E-state index >= 15 is 0 Å². The van der Waals surface area contributed by atoms with Crippen molar-refractivity contribution >= 4 is 5.97 Å². The van der Waals surface area contributed by atoms with E-state index in [0.717, 1.165) is 0 Å². The van der Waals surface area contributed by atoms with Crippen molar-refractivity contribution in [2.45, 2.75) is 13.3 Å². The molecule has 0 unspecified atom stereocenters. The lowest BCUT2D eigenvalue weighted by Crippen LogP contribution is -2.02. The lowest BCUT2D eigenvalue weighted by atomic mass is 10.00. The Labute approximate surface area is 119 Å². The first-order valence-electron chi connectivity index (χ1n) is 6.10. The minimum absolute atomic E-state index is 0.0324. The van der Waals surface area contributed by atoms with Crippen molar-refractivity contribution in [2.24, 2.45) is 7.05 Å². The first-order valence-corrected chi connectivity index (χ1v) is 6.10. The minimum atomic E-state index is -2.69. The summed E-state index contributed by atoms with van der Waals surface area (Å²) in [4.78, 5) is 11.0. The molecule has 0 radical (unpaired) electrons. The maximum atomic E-state index is 13.1. The summed E-state index contributed by atoms with van der Waals surface area (Å²) in [6, 6.07) is 4.19. The SMILES string of the molecule is COc1c(C(F)F)ccc(C)c1-c1cc(C(=O)O)nn1C. The summed E-state index contributed by atoms with van der Waals surface area (Å²) in [5.41, 5.74) is 1.12. The highest BCUT2D eigenvalue weighted by molar-refractivity contribution is 5.88. The van der Waals surface area contributed by atoms with Crippen LogP contribution >= 0.6 is 0 Å². The molecule has 0 fully saturated rings. The van der Waals surface area contributed by atoms with Crippen LogP contribution in [0.2, 0.25) is 0 Å². The molecule has 21 heavy (non-hydrogen) atoms. The van der Waals surface area contributed by atoms with Gasteiger partial charge in [0.2, 0.25) is 0 Å². The second kappa shape index (κ2) is 5.51. The zero-order valence-electron chi connectivity index (χ0n) is 11.7. The van der Waals surface area contributed by atoms with Gasteiger partial charge in [0.15, 0.2) is 5.69 Å². The fraction of sp³-hybridized carbons (Fsp3) is 0.286. The van der Waals surface area contributed by atoms with Crippen LogP contribution in [-0.2, 0) is 7.05 Å². The summed E-state index contributed by atoms with van der Waals surface area (Å²) in [6.45, 7) is 1.74. The van der Waals surface area contributed by atoms with Crippen LogP contribution in [0.4, 0.5) is 8.78 Å². The van der Waals surface area contributed by atoms with Crippen LogP contribution in [0.5, 0.6) is 5.75 Å². The van der Waals surface area contributed by atoms with Crippen molar-refractivity contribution in [3.63, 3.8) is 0 Å². The van der Waals surface area contributed by atoms with Gasteiger partial charge < -0.3 is 9.84 Å². The highest BCUT2D eigenvalue weighted by atomic mass is 19.3. The van der Waals surface area contributed by atoms with Crippen LogP contribution in [0, 0.1) is 6.92 Å². The molecule has 2 aromatic rings. The number of aromatic nitrogens is 2. The number of hydrogen-bond acceptors (Lipinski definition) is 3. The quantitative estimate of drug-likeness (QED) is 0.942. The number of nitrogens with zero attached hydrogens (tertiary/aromatic N) is 2. The van der Waals surface area contributed by atoms with Gasteiger partial charge in [0.25, 0.3) is 6.43 Å². The molecular weight excluding hydrogens is 282 g/mol. The van der Waals surface area contributed by atoms with Crippen LogP contribution in [0.3, 0.4) is 0 Å². The van der Waals surface area contributed by atoms with Gasteiger partial charge in [-0.2, -0.15) is 5.10 Å². The molecule has 0 bridgehead atoms. The number of rotatable bonds is 4. The first-order chi connectivity index (χ1) is 9.86. The Morgan fingerprint density at radius 1 is 1.43 bits per heavy atom. The Morgan fingerprint density at radius 3 is 2.57 bits per heavy atom. The lowest BCUT2D eigenvalue weighted by molar-refractivity contribution is 0.0689. The van der Waals surface area contributed by atoms with Crippen LogP contribution in [-0.4, -0.2) is 28.0 Å². The number of benzene rings is 1. The largest absolute Gasteiger partial charge is 0.496 e. The van der Waals surface area contributed by atoms with Crippen molar-refractivity contribution in [1.29, 1.82) is 0 Å². The van der Waals surface area contributed by atoms with Gasteiger partial charge in [-0.3, -0.25) is 4.68 Å². The number of hydrogen-bond donors (Lipinski definition) is 1. The number of ether oxygens (including phenoxy) is 1. The van der Waals surface area contributed by atoms with Crippen molar-refractivity contribution in [3.05, 3.63) is 35.0 Å². The fourth-order valence-electron chi connectivity index (χ4n) is 2.21. The molecule has 0 amide bonds. The number of carbonyl (C=O) groups is 1. The number of methoxy groups -OCH3 is 1. The van der Waals surface area contributed by atoms with E-state index in [4.69, 9.17) is 9.84 Å². The fourth-order valence-corrected chi connectivity index (χ4v) is 2.21. The Bertz CT molecular complexity index is 696. The van der Waals surface area contributed by atoms with Gasteiger partial charge in [0, 0.05) is 12.6 Å². The number of aryl methyl sites for hydroxylation is 2. The van der Waals surface area contributed by atoms with E-state index < -0.39 is 12.4 Å². The summed E-state index contributed by atoms with van der Waals surface area (Å²) in [5, 5.41) is 12.8. The van der Waals surface area contributed by atoms with Crippen molar-refractivity contribution in [1.82, 2.24) is 9.78 Å². The van der Waals surface area contributed by atoms with Gasteiger partial charge in [-0.1, -0.05) is 6.07 Å². The molecule has 1 aromatic heterocycles. The molecule has 0 spiro atoms. The third-order valence-corrected chi connectivity index (χ3v) is 3.19. The highest BCUT2D eigenvalue weighted by Gasteiger charge is 2.23. The third-order valence-electron chi connectivity index (χ3n) is 3.19. The molecule has 5 nitrogen and oxygen atoms in total. The summed E-state index contributed by atoms with van der Waals surface area (Å²) in [5.74, 6) is -1.15. The summed E-state index contributed by atoms with van der Waals surface area (Å²) >= 11 is 0. The number of carboxylic acid groups (broad SMARTS) is 1.